The molecule has 0 bridgehead atoms. The summed E-state index contributed by atoms with van der Waals surface area (Å²) in [6.45, 7) is 1.97. The molecule has 2 aromatic carbocycles. The molecule has 0 N–H and O–H groups in total. The number of amidine groups is 1. The highest BCUT2D eigenvalue weighted by Crippen LogP contribution is 2.37. The lowest BCUT2D eigenvalue weighted by molar-refractivity contribution is -0.407. The van der Waals surface area contributed by atoms with Crippen molar-refractivity contribution < 1.29 is 14.2 Å². The Morgan fingerprint density at radius 2 is 1.89 bits per heavy atom. The molecule has 2 aromatic rings. The van der Waals surface area contributed by atoms with Crippen LogP contribution in [0.2, 0.25) is 0 Å². The number of urea groups is 1. The summed E-state index contributed by atoms with van der Waals surface area (Å²) in [5, 5.41) is 2.43. The Kier molecular flexibility index (Phi) is 4.44. The van der Waals surface area contributed by atoms with Gasteiger partial charge in [0.05, 0.1) is 14.1 Å². The van der Waals surface area contributed by atoms with E-state index in [4.69, 9.17) is 0 Å². The van der Waals surface area contributed by atoms with Gasteiger partial charge in [0.1, 0.15) is 6.21 Å². The molecule has 1 atom stereocenters. The van der Waals surface area contributed by atoms with Gasteiger partial charge in [0.15, 0.2) is 5.92 Å². The molecule has 6 heteroatoms. The number of hydrogen-bond acceptors (Lipinski definition) is 4. The molecule has 2 heterocycles. The predicted octanol–water partition coefficient (Wildman–Crippen LogP) is 3.68. The van der Waals surface area contributed by atoms with Crippen LogP contribution in [0.4, 0.5) is 4.79 Å². The number of amides is 3. The first kappa shape index (κ1) is 17.7. The van der Waals surface area contributed by atoms with E-state index in [0.29, 0.717) is 5.84 Å². The van der Waals surface area contributed by atoms with Crippen molar-refractivity contribution in [3.05, 3.63) is 58.5 Å². The SMILES string of the molecule is CC1=C(SCc2cccc3ccccc23)C2C(=O)N(C)C(=O)[N+](C)=C2N=C1. The van der Waals surface area contributed by atoms with Gasteiger partial charge in [0, 0.05) is 10.7 Å². The van der Waals surface area contributed by atoms with Crippen LogP contribution in [0.5, 0.6) is 0 Å². The van der Waals surface area contributed by atoms with Gasteiger partial charge in [0.2, 0.25) is 0 Å². The number of thioether (sulfide) groups is 1. The maximum Gasteiger partial charge on any atom is 0.445 e. The third-order valence-electron chi connectivity index (χ3n) is 5.06. The van der Waals surface area contributed by atoms with Crippen molar-refractivity contribution >= 4 is 46.5 Å². The molecule has 27 heavy (non-hydrogen) atoms. The van der Waals surface area contributed by atoms with Gasteiger partial charge in [-0.15, -0.1) is 16.8 Å². The maximum absolute atomic E-state index is 12.8. The third-order valence-corrected chi connectivity index (χ3v) is 6.38. The molecule has 0 saturated heterocycles. The second-order valence-electron chi connectivity index (χ2n) is 6.76. The molecule has 2 aliphatic rings. The van der Waals surface area contributed by atoms with E-state index in [9.17, 15) is 9.59 Å². The lowest BCUT2D eigenvalue weighted by Gasteiger charge is -2.27. The van der Waals surface area contributed by atoms with Crippen molar-refractivity contribution in [1.29, 1.82) is 0 Å². The van der Waals surface area contributed by atoms with Crippen LogP contribution >= 0.6 is 11.8 Å². The molecular weight excluding hydrogens is 358 g/mol. The normalized spacial score (nSPS) is 20.0. The summed E-state index contributed by atoms with van der Waals surface area (Å²) in [6, 6.07) is 14.2. The summed E-state index contributed by atoms with van der Waals surface area (Å²) >= 11 is 1.65. The zero-order valence-corrected chi connectivity index (χ0v) is 16.3. The van der Waals surface area contributed by atoms with E-state index in [-0.39, 0.29) is 11.9 Å². The highest BCUT2D eigenvalue weighted by molar-refractivity contribution is 8.02. The topological polar surface area (TPSA) is 52.8 Å². The van der Waals surface area contributed by atoms with E-state index in [1.807, 2.05) is 19.1 Å². The smallest absolute Gasteiger partial charge is 0.255 e. The second-order valence-corrected chi connectivity index (χ2v) is 7.78. The van der Waals surface area contributed by atoms with Crippen LogP contribution in [0.15, 0.2) is 57.9 Å². The minimum atomic E-state index is -0.511. The molecule has 0 aliphatic carbocycles. The third kappa shape index (κ3) is 2.90. The number of carbonyl (C=O) groups is 2. The van der Waals surface area contributed by atoms with Crippen molar-refractivity contribution in [2.24, 2.45) is 10.9 Å². The van der Waals surface area contributed by atoms with Crippen molar-refractivity contribution in [3.8, 4) is 0 Å². The molecule has 0 saturated carbocycles. The average Bonchev–Trinajstić information content (AvgIpc) is 2.69. The number of carbonyl (C=O) groups excluding carboxylic acids is 2. The monoisotopic (exact) mass is 378 g/mol. The van der Waals surface area contributed by atoms with Crippen LogP contribution in [-0.2, 0) is 10.5 Å². The van der Waals surface area contributed by atoms with E-state index >= 15 is 0 Å². The van der Waals surface area contributed by atoms with E-state index < -0.39 is 5.92 Å². The number of rotatable bonds is 3. The van der Waals surface area contributed by atoms with Crippen LogP contribution in [-0.4, -0.2) is 47.6 Å². The van der Waals surface area contributed by atoms with Crippen molar-refractivity contribution in [2.45, 2.75) is 12.7 Å². The van der Waals surface area contributed by atoms with Gasteiger partial charge in [0.25, 0.3) is 5.84 Å². The summed E-state index contributed by atoms with van der Waals surface area (Å²) in [5.41, 5.74) is 2.20. The Balaban J connectivity index is 1.70. The lowest BCUT2D eigenvalue weighted by Crippen LogP contribution is -2.52. The molecule has 2 aliphatic heterocycles. The van der Waals surface area contributed by atoms with Gasteiger partial charge in [-0.25, -0.2) is 4.79 Å². The minimum absolute atomic E-state index is 0.218. The van der Waals surface area contributed by atoms with E-state index in [2.05, 4.69) is 35.3 Å². The first-order valence-corrected chi connectivity index (χ1v) is 9.74. The summed E-state index contributed by atoms with van der Waals surface area (Å²) in [7, 11) is 3.19. The summed E-state index contributed by atoms with van der Waals surface area (Å²) < 4.78 is 1.47. The Hall–Kier alpha value is -2.73. The quantitative estimate of drug-likeness (QED) is 0.766. The van der Waals surface area contributed by atoms with Gasteiger partial charge >= 0.3 is 11.9 Å². The molecule has 0 radical (unpaired) electrons. The average molecular weight is 378 g/mol. The zero-order valence-electron chi connectivity index (χ0n) is 15.5. The lowest BCUT2D eigenvalue weighted by atomic mass is 9.99. The highest BCUT2D eigenvalue weighted by atomic mass is 32.2. The number of hydrogen-bond donors (Lipinski definition) is 0. The molecule has 1 unspecified atom stereocenters. The molecule has 5 nitrogen and oxygen atoms in total. The zero-order chi connectivity index (χ0) is 19.1. The molecule has 0 spiro atoms. The Morgan fingerprint density at radius 3 is 2.70 bits per heavy atom. The summed E-state index contributed by atoms with van der Waals surface area (Å²) in [6.07, 6.45) is 1.75. The Labute approximate surface area is 162 Å². The fraction of sp³-hybridized carbons (Fsp3) is 0.238. The van der Waals surface area contributed by atoms with Crippen LogP contribution in [0.3, 0.4) is 0 Å². The van der Waals surface area contributed by atoms with Crippen molar-refractivity contribution in [1.82, 2.24) is 4.90 Å². The van der Waals surface area contributed by atoms with E-state index in [1.165, 1.54) is 32.9 Å². The summed E-state index contributed by atoms with van der Waals surface area (Å²) in [4.78, 5) is 31.6. The maximum atomic E-state index is 12.8. The largest absolute Gasteiger partial charge is 0.445 e. The standard InChI is InChI=1S/C21H20N3O2S/c1-13-11-22-19-17(20(25)24(3)21(26)23(19)2)18(13)27-12-15-9-6-8-14-7-4-5-10-16(14)15/h4-11,17H,12H2,1-3H3/q+1. The van der Waals surface area contributed by atoms with Crippen LogP contribution < -0.4 is 0 Å². The van der Waals surface area contributed by atoms with E-state index in [1.54, 1.807) is 25.0 Å². The van der Waals surface area contributed by atoms with Gasteiger partial charge < -0.3 is 0 Å². The number of fused-ring (bicyclic) bond motifs is 2. The Morgan fingerprint density at radius 1 is 1.15 bits per heavy atom. The van der Waals surface area contributed by atoms with Gasteiger partial charge in [-0.3, -0.25) is 4.79 Å². The summed E-state index contributed by atoms with van der Waals surface area (Å²) in [5.74, 6) is 0.529. The Bertz CT molecular complexity index is 1060. The number of benzene rings is 2. The van der Waals surface area contributed by atoms with Crippen LogP contribution in [0, 0.1) is 5.92 Å². The number of allylic oxidation sites excluding steroid dienone is 1. The molecule has 136 valence electrons. The second kappa shape index (κ2) is 6.78. The highest BCUT2D eigenvalue weighted by Gasteiger charge is 2.47. The number of imide groups is 1. The van der Waals surface area contributed by atoms with Gasteiger partial charge in [-0.05, 0) is 28.8 Å². The predicted molar refractivity (Wildman–Crippen MR) is 109 cm³/mol. The van der Waals surface area contributed by atoms with Crippen LogP contribution in [0.1, 0.15) is 12.5 Å². The number of dihydropyridines is 1. The van der Waals surface area contributed by atoms with Crippen molar-refractivity contribution in [2.75, 3.05) is 14.1 Å². The van der Waals surface area contributed by atoms with Gasteiger partial charge in [-0.2, -0.15) is 9.48 Å². The minimum Gasteiger partial charge on any atom is -0.255 e. The fourth-order valence-corrected chi connectivity index (χ4v) is 4.75. The fourth-order valence-electron chi connectivity index (χ4n) is 3.53. The first-order valence-electron chi connectivity index (χ1n) is 8.75. The molecule has 0 aromatic heterocycles. The van der Waals surface area contributed by atoms with Crippen LogP contribution in [0.25, 0.3) is 10.8 Å². The van der Waals surface area contributed by atoms with E-state index in [0.717, 1.165) is 16.2 Å². The van der Waals surface area contributed by atoms with Crippen molar-refractivity contribution in [3.63, 3.8) is 0 Å². The number of aliphatic imine (C=N–C) groups is 1. The molecular formula is C21H20N3O2S+. The number of nitrogens with zero attached hydrogens (tertiary/aromatic N) is 3. The molecule has 0 fully saturated rings. The first-order chi connectivity index (χ1) is 13.0. The molecule has 3 amide bonds. The molecule has 4 rings (SSSR count). The van der Waals surface area contributed by atoms with Gasteiger partial charge in [-0.1, -0.05) is 42.5 Å².